The van der Waals surface area contributed by atoms with E-state index >= 15 is 0 Å². The Kier molecular flexibility index (Phi) is 6.62. The number of hydrogen-bond acceptors (Lipinski definition) is 0. The molecule has 1 aliphatic rings. The Bertz CT molecular complexity index is 825. The van der Waals surface area contributed by atoms with Gasteiger partial charge in [0, 0.05) is 11.1 Å². The third kappa shape index (κ3) is 5.52. The summed E-state index contributed by atoms with van der Waals surface area (Å²) >= 11 is 0. The van der Waals surface area contributed by atoms with Crippen LogP contribution in [0.25, 0.3) is 0 Å². The molecule has 0 heterocycles. The molecule has 1 fully saturated rings. The van der Waals surface area contributed by atoms with Gasteiger partial charge in [0.15, 0.2) is 0 Å². The zero-order valence-electron chi connectivity index (χ0n) is 15.9. The van der Waals surface area contributed by atoms with Crippen LogP contribution in [0.4, 0.5) is 13.2 Å². The van der Waals surface area contributed by atoms with Gasteiger partial charge in [-0.25, -0.2) is 0 Å². The second kappa shape index (κ2) is 9.15. The Balaban J connectivity index is 1.58. The maximum atomic E-state index is 12.6. The van der Waals surface area contributed by atoms with Gasteiger partial charge >= 0.3 is 6.18 Å². The van der Waals surface area contributed by atoms with E-state index in [4.69, 9.17) is 0 Å². The predicted octanol–water partition coefficient (Wildman–Crippen LogP) is 7.35. The van der Waals surface area contributed by atoms with Crippen LogP contribution in [0.2, 0.25) is 0 Å². The molecule has 3 heteroatoms. The van der Waals surface area contributed by atoms with Gasteiger partial charge in [-0.3, -0.25) is 0 Å². The monoisotopic (exact) mass is 382 g/mol. The maximum Gasteiger partial charge on any atom is 0.416 e. The molecule has 0 aromatic heterocycles. The molecule has 1 saturated carbocycles. The lowest BCUT2D eigenvalue weighted by atomic mass is 9.77. The summed E-state index contributed by atoms with van der Waals surface area (Å²) in [6.45, 7) is 3.81. The highest BCUT2D eigenvalue weighted by atomic mass is 19.4. The van der Waals surface area contributed by atoms with Gasteiger partial charge in [0.05, 0.1) is 5.56 Å². The minimum atomic E-state index is -4.31. The van der Waals surface area contributed by atoms with E-state index in [0.29, 0.717) is 11.5 Å². The van der Waals surface area contributed by atoms with Crippen LogP contribution in [0.15, 0.2) is 61.2 Å². The lowest BCUT2D eigenvalue weighted by Gasteiger charge is -2.28. The largest absolute Gasteiger partial charge is 0.416 e. The molecule has 0 N–H and O–H groups in total. The molecule has 0 atom stereocenters. The van der Waals surface area contributed by atoms with Crippen molar-refractivity contribution < 1.29 is 13.2 Å². The first-order valence-electron chi connectivity index (χ1n) is 9.86. The van der Waals surface area contributed by atoms with Gasteiger partial charge in [-0.2, -0.15) is 13.2 Å². The van der Waals surface area contributed by atoms with Crippen LogP contribution in [0.1, 0.15) is 66.7 Å². The molecule has 0 radical (unpaired) electrons. The molecule has 0 saturated heterocycles. The van der Waals surface area contributed by atoms with Crippen LogP contribution in [0, 0.1) is 17.8 Å². The summed E-state index contributed by atoms with van der Waals surface area (Å²) in [7, 11) is 0. The number of halogens is 3. The molecule has 0 amide bonds. The molecule has 2 aromatic carbocycles. The van der Waals surface area contributed by atoms with Crippen LogP contribution in [-0.2, 0) is 6.18 Å². The molecule has 3 rings (SSSR count). The van der Waals surface area contributed by atoms with Crippen molar-refractivity contribution in [2.24, 2.45) is 5.92 Å². The van der Waals surface area contributed by atoms with Crippen molar-refractivity contribution in [3.63, 3.8) is 0 Å². The van der Waals surface area contributed by atoms with Crippen LogP contribution >= 0.6 is 0 Å². The van der Waals surface area contributed by atoms with Crippen molar-refractivity contribution in [2.45, 2.75) is 50.6 Å². The van der Waals surface area contributed by atoms with Gasteiger partial charge in [0.25, 0.3) is 0 Å². The molecule has 2 aromatic rings. The second-order valence-corrected chi connectivity index (χ2v) is 7.53. The van der Waals surface area contributed by atoms with E-state index in [1.165, 1.54) is 49.8 Å². The predicted molar refractivity (Wildman–Crippen MR) is 108 cm³/mol. The van der Waals surface area contributed by atoms with Gasteiger partial charge in [-0.15, -0.1) is 6.58 Å². The zero-order valence-corrected chi connectivity index (χ0v) is 15.9. The first-order chi connectivity index (χ1) is 13.5. The first kappa shape index (κ1) is 20.3. The van der Waals surface area contributed by atoms with Crippen LogP contribution in [-0.4, -0.2) is 0 Å². The van der Waals surface area contributed by atoms with E-state index in [2.05, 4.69) is 30.6 Å². The lowest BCUT2D eigenvalue weighted by molar-refractivity contribution is -0.137. The van der Waals surface area contributed by atoms with E-state index in [1.807, 2.05) is 18.2 Å². The molecule has 0 spiro atoms. The summed E-state index contributed by atoms with van der Waals surface area (Å²) in [4.78, 5) is 0. The van der Waals surface area contributed by atoms with Crippen molar-refractivity contribution in [2.75, 3.05) is 0 Å². The third-order valence-corrected chi connectivity index (χ3v) is 5.57. The molecule has 0 unspecified atom stereocenters. The number of benzene rings is 2. The number of rotatable bonds is 4. The molecule has 0 aliphatic heterocycles. The average molecular weight is 382 g/mol. The van der Waals surface area contributed by atoms with Crippen LogP contribution in [0.5, 0.6) is 0 Å². The Morgan fingerprint density at radius 2 is 1.39 bits per heavy atom. The van der Waals surface area contributed by atoms with Gasteiger partial charge in [-0.05, 0) is 92.3 Å². The standard InChI is InChI=1S/C25H25F3/c1-2-3-4-19-7-13-22(14-8-19)23-15-9-20(10-16-23)5-6-21-11-17-24(18-12-21)25(26,27)28/h2,9-12,15-19,22H,1,3-4,7-8,13-14H2/t19-,22-. The summed E-state index contributed by atoms with van der Waals surface area (Å²) in [6, 6.07) is 13.3. The maximum absolute atomic E-state index is 12.6. The topological polar surface area (TPSA) is 0 Å². The van der Waals surface area contributed by atoms with E-state index < -0.39 is 11.7 Å². The molecule has 0 nitrogen and oxygen atoms in total. The fraction of sp³-hybridized carbons (Fsp3) is 0.360. The van der Waals surface area contributed by atoms with Crippen molar-refractivity contribution in [3.8, 4) is 11.8 Å². The van der Waals surface area contributed by atoms with Gasteiger partial charge in [-0.1, -0.05) is 30.0 Å². The Labute approximate surface area is 165 Å². The third-order valence-electron chi connectivity index (χ3n) is 5.57. The van der Waals surface area contributed by atoms with Crippen LogP contribution in [0.3, 0.4) is 0 Å². The average Bonchev–Trinajstić information content (AvgIpc) is 2.71. The molecular formula is C25H25F3. The highest BCUT2D eigenvalue weighted by Crippen LogP contribution is 2.37. The molecule has 0 bridgehead atoms. The molecule has 146 valence electrons. The van der Waals surface area contributed by atoms with Gasteiger partial charge in [0.1, 0.15) is 0 Å². The Morgan fingerprint density at radius 3 is 1.89 bits per heavy atom. The summed E-state index contributed by atoms with van der Waals surface area (Å²) < 4.78 is 37.8. The van der Waals surface area contributed by atoms with E-state index in [9.17, 15) is 13.2 Å². The van der Waals surface area contributed by atoms with Crippen LogP contribution < -0.4 is 0 Å². The van der Waals surface area contributed by atoms with Crippen molar-refractivity contribution in [1.29, 1.82) is 0 Å². The molecule has 1 aliphatic carbocycles. The fourth-order valence-electron chi connectivity index (χ4n) is 3.86. The summed E-state index contributed by atoms with van der Waals surface area (Å²) in [5, 5.41) is 0. The number of hydrogen-bond donors (Lipinski definition) is 0. The Hall–Kier alpha value is -2.47. The second-order valence-electron chi connectivity index (χ2n) is 7.53. The molecular weight excluding hydrogens is 357 g/mol. The van der Waals surface area contributed by atoms with Gasteiger partial charge < -0.3 is 0 Å². The number of allylic oxidation sites excluding steroid dienone is 1. The smallest absolute Gasteiger partial charge is 0.166 e. The summed E-state index contributed by atoms with van der Waals surface area (Å²) in [5.74, 6) is 7.44. The first-order valence-corrected chi connectivity index (χ1v) is 9.86. The summed E-state index contributed by atoms with van der Waals surface area (Å²) in [5.41, 5.74) is 2.17. The minimum absolute atomic E-state index is 0.579. The van der Waals surface area contributed by atoms with Gasteiger partial charge in [0.2, 0.25) is 0 Å². The highest BCUT2D eigenvalue weighted by Gasteiger charge is 2.29. The van der Waals surface area contributed by atoms with E-state index in [0.717, 1.165) is 30.0 Å². The Morgan fingerprint density at radius 1 is 0.857 bits per heavy atom. The minimum Gasteiger partial charge on any atom is -0.166 e. The SMILES string of the molecule is C=CCC[C@H]1CC[C@H](c2ccc(C#Cc3ccc(C(F)(F)F)cc3)cc2)CC1. The molecule has 28 heavy (non-hydrogen) atoms. The number of alkyl halides is 3. The fourth-order valence-corrected chi connectivity index (χ4v) is 3.86. The quantitative estimate of drug-likeness (QED) is 0.383. The van der Waals surface area contributed by atoms with Crippen molar-refractivity contribution >= 4 is 0 Å². The lowest BCUT2D eigenvalue weighted by Crippen LogP contribution is -2.13. The summed E-state index contributed by atoms with van der Waals surface area (Å²) in [6.07, 6.45) is 5.11. The highest BCUT2D eigenvalue weighted by molar-refractivity contribution is 5.44. The van der Waals surface area contributed by atoms with E-state index in [-0.39, 0.29) is 0 Å². The van der Waals surface area contributed by atoms with Crippen molar-refractivity contribution in [3.05, 3.63) is 83.4 Å². The van der Waals surface area contributed by atoms with E-state index in [1.54, 1.807) is 0 Å². The van der Waals surface area contributed by atoms with Crippen molar-refractivity contribution in [1.82, 2.24) is 0 Å². The zero-order chi connectivity index (χ0) is 20.0. The normalized spacial score (nSPS) is 19.5.